The molecule has 0 aromatic heterocycles. The molecule has 1 saturated carbocycles. The van der Waals surface area contributed by atoms with Gasteiger partial charge in [0, 0.05) is 18.2 Å². The lowest BCUT2D eigenvalue weighted by atomic mass is 10.1. The molecule has 1 aliphatic carbocycles. The Bertz CT molecular complexity index is 447. The van der Waals surface area contributed by atoms with E-state index in [0.717, 1.165) is 6.42 Å². The minimum atomic E-state index is -1.02. The number of benzene rings is 1. The van der Waals surface area contributed by atoms with Gasteiger partial charge in [-0.1, -0.05) is 13.3 Å². The second-order valence-corrected chi connectivity index (χ2v) is 4.88. The van der Waals surface area contributed by atoms with Gasteiger partial charge in [-0.15, -0.1) is 0 Å². The molecule has 18 heavy (non-hydrogen) atoms. The molecule has 2 rings (SSSR count). The van der Waals surface area contributed by atoms with Crippen LogP contribution >= 0.6 is 0 Å². The molecule has 1 aromatic rings. The molecule has 0 aliphatic heterocycles. The van der Waals surface area contributed by atoms with Crippen LogP contribution in [0.2, 0.25) is 0 Å². The lowest BCUT2D eigenvalue weighted by molar-refractivity contribution is 0.0696. The van der Waals surface area contributed by atoms with Crippen LogP contribution < -0.4 is 5.32 Å². The maximum atomic E-state index is 13.5. The van der Waals surface area contributed by atoms with Crippen LogP contribution in [0, 0.1) is 11.7 Å². The van der Waals surface area contributed by atoms with Crippen molar-refractivity contribution in [3.8, 4) is 0 Å². The second kappa shape index (κ2) is 5.48. The van der Waals surface area contributed by atoms with Crippen LogP contribution in [-0.2, 0) is 6.54 Å². The Morgan fingerprint density at radius 2 is 2.33 bits per heavy atom. The molecule has 1 fully saturated rings. The van der Waals surface area contributed by atoms with Gasteiger partial charge in [-0.05, 0) is 37.0 Å². The first-order valence-corrected chi connectivity index (χ1v) is 6.37. The first kappa shape index (κ1) is 13.0. The Labute approximate surface area is 106 Å². The summed E-state index contributed by atoms with van der Waals surface area (Å²) >= 11 is 0. The van der Waals surface area contributed by atoms with Crippen LogP contribution in [0.5, 0.6) is 0 Å². The normalized spacial score (nSPS) is 21.9. The molecule has 0 radical (unpaired) electrons. The van der Waals surface area contributed by atoms with Crippen molar-refractivity contribution < 1.29 is 14.3 Å². The van der Waals surface area contributed by atoms with Crippen LogP contribution in [0.15, 0.2) is 18.2 Å². The summed E-state index contributed by atoms with van der Waals surface area (Å²) < 4.78 is 13.5. The Morgan fingerprint density at radius 1 is 1.56 bits per heavy atom. The van der Waals surface area contributed by atoms with Gasteiger partial charge in [-0.25, -0.2) is 9.18 Å². The molecular weight excluding hydrogens is 233 g/mol. The highest BCUT2D eigenvalue weighted by atomic mass is 19.1. The maximum absolute atomic E-state index is 13.5. The number of aromatic carboxylic acids is 1. The zero-order chi connectivity index (χ0) is 13.1. The number of nitrogens with one attached hydrogen (secondary N) is 1. The van der Waals surface area contributed by atoms with Crippen molar-refractivity contribution in [2.75, 3.05) is 0 Å². The van der Waals surface area contributed by atoms with Gasteiger partial charge in [0.15, 0.2) is 0 Å². The van der Waals surface area contributed by atoms with Crippen LogP contribution in [0.4, 0.5) is 4.39 Å². The lowest BCUT2D eigenvalue weighted by Gasteiger charge is -2.06. The number of halogens is 1. The highest BCUT2D eigenvalue weighted by molar-refractivity contribution is 5.87. The smallest absolute Gasteiger partial charge is 0.335 e. The zero-order valence-corrected chi connectivity index (χ0v) is 10.4. The van der Waals surface area contributed by atoms with Crippen molar-refractivity contribution in [2.24, 2.45) is 5.92 Å². The van der Waals surface area contributed by atoms with E-state index in [9.17, 15) is 9.18 Å². The average Bonchev–Trinajstić information content (AvgIpc) is 3.07. The summed E-state index contributed by atoms with van der Waals surface area (Å²) in [6.45, 7) is 2.56. The van der Waals surface area contributed by atoms with E-state index in [1.165, 1.54) is 31.0 Å². The van der Waals surface area contributed by atoms with Crippen molar-refractivity contribution in [1.29, 1.82) is 0 Å². The topological polar surface area (TPSA) is 49.3 Å². The van der Waals surface area contributed by atoms with Crippen molar-refractivity contribution in [3.05, 3.63) is 35.1 Å². The fourth-order valence-corrected chi connectivity index (χ4v) is 2.27. The monoisotopic (exact) mass is 251 g/mol. The van der Waals surface area contributed by atoms with Gasteiger partial charge in [-0.2, -0.15) is 0 Å². The Kier molecular flexibility index (Phi) is 3.97. The molecule has 0 spiro atoms. The predicted octanol–water partition coefficient (Wildman–Crippen LogP) is 2.80. The summed E-state index contributed by atoms with van der Waals surface area (Å²) in [5, 5.41) is 12.1. The van der Waals surface area contributed by atoms with E-state index < -0.39 is 5.97 Å². The molecule has 3 nitrogen and oxygen atoms in total. The summed E-state index contributed by atoms with van der Waals surface area (Å²) in [5.74, 6) is -0.660. The third kappa shape index (κ3) is 3.07. The van der Waals surface area contributed by atoms with E-state index in [2.05, 4.69) is 12.2 Å². The molecule has 1 aromatic carbocycles. The van der Waals surface area contributed by atoms with E-state index in [4.69, 9.17) is 5.11 Å². The van der Waals surface area contributed by atoms with Gasteiger partial charge in [0.2, 0.25) is 0 Å². The molecule has 0 saturated heterocycles. The largest absolute Gasteiger partial charge is 0.478 e. The number of rotatable bonds is 6. The molecule has 4 heteroatoms. The van der Waals surface area contributed by atoms with Gasteiger partial charge in [0.25, 0.3) is 0 Å². The van der Waals surface area contributed by atoms with E-state index in [1.54, 1.807) is 0 Å². The average molecular weight is 251 g/mol. The quantitative estimate of drug-likeness (QED) is 0.817. The SMILES string of the molecule is CCCC1CC1NCc1cc(C(=O)O)ccc1F. The summed E-state index contributed by atoms with van der Waals surface area (Å²) in [7, 11) is 0. The highest BCUT2D eigenvalue weighted by Gasteiger charge is 2.35. The molecule has 98 valence electrons. The summed E-state index contributed by atoms with van der Waals surface area (Å²) in [5.41, 5.74) is 0.561. The third-order valence-corrected chi connectivity index (χ3v) is 3.43. The highest BCUT2D eigenvalue weighted by Crippen LogP contribution is 2.34. The van der Waals surface area contributed by atoms with Crippen LogP contribution in [-0.4, -0.2) is 17.1 Å². The summed E-state index contributed by atoms with van der Waals surface area (Å²) in [6, 6.07) is 4.38. The standard InChI is InChI=1S/C14H18FNO2/c1-2-3-9-7-13(9)16-8-11-6-10(14(17)18)4-5-12(11)15/h4-6,9,13,16H,2-3,7-8H2,1H3,(H,17,18). The van der Waals surface area contributed by atoms with Gasteiger partial charge >= 0.3 is 5.97 Å². The first-order chi connectivity index (χ1) is 8.61. The van der Waals surface area contributed by atoms with Gasteiger partial charge in [0.1, 0.15) is 5.82 Å². The molecule has 0 amide bonds. The molecule has 2 atom stereocenters. The van der Waals surface area contributed by atoms with Gasteiger partial charge in [0.05, 0.1) is 5.56 Å². The Balaban J connectivity index is 1.93. The van der Waals surface area contributed by atoms with Crippen molar-refractivity contribution >= 4 is 5.97 Å². The number of hydrogen-bond acceptors (Lipinski definition) is 2. The van der Waals surface area contributed by atoms with Gasteiger partial charge < -0.3 is 10.4 Å². The minimum Gasteiger partial charge on any atom is -0.478 e. The molecular formula is C14H18FNO2. The minimum absolute atomic E-state index is 0.133. The summed E-state index contributed by atoms with van der Waals surface area (Å²) in [6.07, 6.45) is 3.52. The Morgan fingerprint density at radius 3 is 3.00 bits per heavy atom. The van der Waals surface area contributed by atoms with E-state index in [-0.39, 0.29) is 11.4 Å². The lowest BCUT2D eigenvalue weighted by Crippen LogP contribution is -2.18. The molecule has 0 heterocycles. The van der Waals surface area contributed by atoms with E-state index in [0.29, 0.717) is 24.1 Å². The van der Waals surface area contributed by atoms with Crippen LogP contribution in [0.3, 0.4) is 0 Å². The molecule has 1 aliphatic rings. The molecule has 0 bridgehead atoms. The molecule has 2 unspecified atom stereocenters. The number of hydrogen-bond donors (Lipinski definition) is 2. The number of carbonyl (C=O) groups is 1. The zero-order valence-electron chi connectivity index (χ0n) is 10.4. The second-order valence-electron chi connectivity index (χ2n) is 4.88. The van der Waals surface area contributed by atoms with Crippen LogP contribution in [0.1, 0.15) is 42.1 Å². The van der Waals surface area contributed by atoms with Crippen molar-refractivity contribution in [2.45, 2.75) is 38.8 Å². The summed E-state index contributed by atoms with van der Waals surface area (Å²) in [4.78, 5) is 10.8. The fraction of sp³-hybridized carbons (Fsp3) is 0.500. The maximum Gasteiger partial charge on any atom is 0.335 e. The predicted molar refractivity (Wildman–Crippen MR) is 67.0 cm³/mol. The van der Waals surface area contributed by atoms with Crippen molar-refractivity contribution in [3.63, 3.8) is 0 Å². The number of carboxylic acids is 1. The third-order valence-electron chi connectivity index (χ3n) is 3.43. The van der Waals surface area contributed by atoms with Crippen molar-refractivity contribution in [1.82, 2.24) is 5.32 Å². The first-order valence-electron chi connectivity index (χ1n) is 6.37. The Hall–Kier alpha value is -1.42. The molecule has 2 N–H and O–H groups in total. The van der Waals surface area contributed by atoms with Gasteiger partial charge in [-0.3, -0.25) is 0 Å². The van der Waals surface area contributed by atoms with E-state index >= 15 is 0 Å². The van der Waals surface area contributed by atoms with Crippen LogP contribution in [0.25, 0.3) is 0 Å². The number of carboxylic acid groups (broad SMARTS) is 1. The fourth-order valence-electron chi connectivity index (χ4n) is 2.27. The van der Waals surface area contributed by atoms with E-state index in [1.807, 2.05) is 0 Å².